The van der Waals surface area contributed by atoms with Gasteiger partial charge >= 0.3 is 6.03 Å². The molecule has 2 amide bonds. The number of nitrogens with one attached hydrogen (secondary N) is 2. The van der Waals surface area contributed by atoms with E-state index in [0.717, 1.165) is 12.8 Å². The lowest BCUT2D eigenvalue weighted by Gasteiger charge is -2.13. The van der Waals surface area contributed by atoms with Gasteiger partial charge in [0.05, 0.1) is 5.02 Å². The third-order valence-electron chi connectivity index (χ3n) is 2.87. The lowest BCUT2D eigenvalue weighted by molar-refractivity contribution is 0.248. The molecule has 0 aromatic heterocycles. The second-order valence-corrected chi connectivity index (χ2v) is 4.76. The Kier molecular flexibility index (Phi) is 3.52. The van der Waals surface area contributed by atoms with Crippen molar-refractivity contribution in [3.8, 4) is 0 Å². The molecule has 1 unspecified atom stereocenters. The molecule has 3 nitrogen and oxygen atoms in total. The van der Waals surface area contributed by atoms with Crippen molar-refractivity contribution >= 4 is 23.3 Å². The largest absolute Gasteiger partial charge is 0.335 e. The van der Waals surface area contributed by atoms with E-state index in [1.54, 1.807) is 6.07 Å². The zero-order valence-electron chi connectivity index (χ0n) is 9.47. The maximum absolute atomic E-state index is 13.1. The van der Waals surface area contributed by atoms with Crippen LogP contribution in [-0.4, -0.2) is 12.1 Å². The van der Waals surface area contributed by atoms with Gasteiger partial charge in [-0.15, -0.1) is 0 Å². The highest BCUT2D eigenvalue weighted by Gasteiger charge is 2.28. The van der Waals surface area contributed by atoms with Crippen LogP contribution in [0.1, 0.15) is 19.8 Å². The van der Waals surface area contributed by atoms with Crippen molar-refractivity contribution < 1.29 is 9.18 Å². The van der Waals surface area contributed by atoms with Crippen LogP contribution in [0.25, 0.3) is 0 Å². The SMILES string of the molecule is CC(NC(=O)Nc1ccc(Cl)c(F)c1)C1CC1. The fraction of sp³-hybridized carbons (Fsp3) is 0.417. The number of urea groups is 1. The second-order valence-electron chi connectivity index (χ2n) is 4.35. The standard InChI is InChI=1S/C12H14ClFN2O/c1-7(8-2-3-8)15-12(17)16-9-4-5-10(13)11(14)6-9/h4-8H,2-3H2,1H3,(H2,15,16,17). The van der Waals surface area contributed by atoms with Gasteiger partial charge in [0.15, 0.2) is 0 Å². The van der Waals surface area contributed by atoms with Gasteiger partial charge in [0.1, 0.15) is 5.82 Å². The third kappa shape index (κ3) is 3.33. The van der Waals surface area contributed by atoms with Gasteiger partial charge in [-0.25, -0.2) is 9.18 Å². The highest BCUT2D eigenvalue weighted by atomic mass is 35.5. The molecule has 0 saturated heterocycles. The lowest BCUT2D eigenvalue weighted by atomic mass is 10.2. The Hall–Kier alpha value is -1.29. The highest BCUT2D eigenvalue weighted by Crippen LogP contribution is 2.32. The van der Waals surface area contributed by atoms with E-state index >= 15 is 0 Å². The average molecular weight is 257 g/mol. The van der Waals surface area contributed by atoms with Gasteiger partial charge in [-0.05, 0) is 43.9 Å². The molecule has 2 rings (SSSR count). The summed E-state index contributed by atoms with van der Waals surface area (Å²) in [5.74, 6) is 0.0439. The van der Waals surface area contributed by atoms with Gasteiger partial charge < -0.3 is 10.6 Å². The Balaban J connectivity index is 1.90. The molecule has 1 aliphatic carbocycles. The minimum Gasteiger partial charge on any atom is -0.335 e. The van der Waals surface area contributed by atoms with Gasteiger partial charge in [-0.1, -0.05) is 11.6 Å². The number of carbonyl (C=O) groups excluding carboxylic acids is 1. The Labute approximate surface area is 104 Å². The molecule has 1 atom stereocenters. The van der Waals surface area contributed by atoms with Crippen molar-refractivity contribution in [1.82, 2.24) is 5.32 Å². The Morgan fingerprint density at radius 1 is 1.53 bits per heavy atom. The zero-order valence-corrected chi connectivity index (χ0v) is 10.2. The highest BCUT2D eigenvalue weighted by molar-refractivity contribution is 6.30. The molecule has 1 aliphatic rings. The fourth-order valence-corrected chi connectivity index (χ4v) is 1.78. The number of anilines is 1. The van der Waals surface area contributed by atoms with Crippen LogP contribution in [-0.2, 0) is 0 Å². The van der Waals surface area contributed by atoms with Crippen LogP contribution in [0.2, 0.25) is 5.02 Å². The molecule has 0 radical (unpaired) electrons. The summed E-state index contributed by atoms with van der Waals surface area (Å²) in [6, 6.07) is 4.02. The van der Waals surface area contributed by atoms with E-state index in [9.17, 15) is 9.18 Å². The van der Waals surface area contributed by atoms with E-state index in [2.05, 4.69) is 10.6 Å². The van der Waals surface area contributed by atoms with Gasteiger partial charge in [0.25, 0.3) is 0 Å². The minimum absolute atomic E-state index is 0.0438. The van der Waals surface area contributed by atoms with E-state index in [1.807, 2.05) is 6.92 Å². The van der Waals surface area contributed by atoms with Crippen molar-refractivity contribution in [2.24, 2.45) is 5.92 Å². The monoisotopic (exact) mass is 256 g/mol. The van der Waals surface area contributed by atoms with E-state index in [1.165, 1.54) is 12.1 Å². The summed E-state index contributed by atoms with van der Waals surface area (Å²) in [7, 11) is 0. The topological polar surface area (TPSA) is 41.1 Å². The quantitative estimate of drug-likeness (QED) is 0.855. The maximum Gasteiger partial charge on any atom is 0.319 e. The van der Waals surface area contributed by atoms with Gasteiger partial charge in [0, 0.05) is 11.7 Å². The molecular formula is C12H14ClFN2O. The lowest BCUT2D eigenvalue weighted by Crippen LogP contribution is -2.37. The van der Waals surface area contributed by atoms with Gasteiger partial charge in [-0.2, -0.15) is 0 Å². The zero-order chi connectivity index (χ0) is 12.4. The summed E-state index contributed by atoms with van der Waals surface area (Å²) in [6.07, 6.45) is 2.33. The number of amides is 2. The summed E-state index contributed by atoms with van der Waals surface area (Å²) >= 11 is 5.55. The first-order valence-electron chi connectivity index (χ1n) is 5.59. The van der Waals surface area contributed by atoms with Crippen LogP contribution in [0.5, 0.6) is 0 Å². The predicted octanol–water partition coefficient (Wildman–Crippen LogP) is 3.40. The number of rotatable bonds is 3. The Morgan fingerprint density at radius 2 is 2.24 bits per heavy atom. The van der Waals surface area contributed by atoms with Gasteiger partial charge in [0.2, 0.25) is 0 Å². The van der Waals surface area contributed by atoms with Crippen LogP contribution in [0, 0.1) is 11.7 Å². The third-order valence-corrected chi connectivity index (χ3v) is 3.17. The first-order valence-corrected chi connectivity index (χ1v) is 5.96. The van der Waals surface area contributed by atoms with Crippen LogP contribution < -0.4 is 10.6 Å². The number of hydrogen-bond acceptors (Lipinski definition) is 1. The molecule has 1 aromatic rings. The number of carbonyl (C=O) groups is 1. The van der Waals surface area contributed by atoms with Crippen LogP contribution >= 0.6 is 11.6 Å². The smallest absolute Gasteiger partial charge is 0.319 e. The first-order chi connectivity index (χ1) is 8.06. The molecule has 0 spiro atoms. The normalized spacial score (nSPS) is 16.4. The van der Waals surface area contributed by atoms with Gasteiger partial charge in [-0.3, -0.25) is 0 Å². The predicted molar refractivity (Wildman–Crippen MR) is 65.8 cm³/mol. The van der Waals surface area contributed by atoms with Crippen molar-refractivity contribution in [2.75, 3.05) is 5.32 Å². The Bertz CT molecular complexity index is 435. The number of hydrogen-bond donors (Lipinski definition) is 2. The summed E-state index contributed by atoms with van der Waals surface area (Å²) in [5, 5.41) is 5.44. The molecule has 1 aromatic carbocycles. The van der Waals surface area contributed by atoms with Crippen LogP contribution in [0.15, 0.2) is 18.2 Å². The molecule has 2 N–H and O–H groups in total. The van der Waals surface area contributed by atoms with E-state index in [-0.39, 0.29) is 17.1 Å². The molecular weight excluding hydrogens is 243 g/mol. The summed E-state index contributed by atoms with van der Waals surface area (Å²) < 4.78 is 13.1. The van der Waals surface area contributed by atoms with E-state index in [0.29, 0.717) is 11.6 Å². The second kappa shape index (κ2) is 4.92. The summed E-state index contributed by atoms with van der Waals surface area (Å²) in [5.41, 5.74) is 0.396. The fourth-order valence-electron chi connectivity index (χ4n) is 1.66. The minimum atomic E-state index is -0.542. The number of halogens is 2. The molecule has 0 aliphatic heterocycles. The van der Waals surface area contributed by atoms with Crippen molar-refractivity contribution in [2.45, 2.75) is 25.8 Å². The van der Waals surface area contributed by atoms with Crippen molar-refractivity contribution in [3.63, 3.8) is 0 Å². The molecule has 1 saturated carbocycles. The molecule has 17 heavy (non-hydrogen) atoms. The first kappa shape index (κ1) is 12.2. The maximum atomic E-state index is 13.1. The molecule has 1 fully saturated rings. The Morgan fingerprint density at radius 3 is 2.82 bits per heavy atom. The average Bonchev–Trinajstić information content (AvgIpc) is 3.06. The van der Waals surface area contributed by atoms with E-state index < -0.39 is 5.82 Å². The molecule has 0 bridgehead atoms. The van der Waals surface area contributed by atoms with Crippen LogP contribution in [0.4, 0.5) is 14.9 Å². The molecule has 92 valence electrons. The number of benzene rings is 1. The van der Waals surface area contributed by atoms with Crippen LogP contribution in [0.3, 0.4) is 0 Å². The summed E-state index contributed by atoms with van der Waals surface area (Å²) in [6.45, 7) is 1.97. The molecule has 5 heteroatoms. The van der Waals surface area contributed by atoms with Crippen molar-refractivity contribution in [3.05, 3.63) is 29.0 Å². The van der Waals surface area contributed by atoms with E-state index in [4.69, 9.17) is 11.6 Å². The summed E-state index contributed by atoms with van der Waals surface area (Å²) in [4.78, 5) is 11.6. The van der Waals surface area contributed by atoms with Crippen molar-refractivity contribution in [1.29, 1.82) is 0 Å². The molecule has 0 heterocycles.